The third-order valence-corrected chi connectivity index (χ3v) is 5.38. The molecule has 2 amide bonds. The summed E-state index contributed by atoms with van der Waals surface area (Å²) in [4.78, 5) is 26.9. The lowest BCUT2D eigenvalue weighted by Gasteiger charge is -2.34. The average molecular weight is 297 g/mol. The van der Waals surface area contributed by atoms with Gasteiger partial charge in [0, 0.05) is 18.8 Å². The molecule has 1 N–H and O–H groups in total. The molecule has 0 radical (unpaired) electrons. The van der Waals surface area contributed by atoms with Crippen LogP contribution in [0.15, 0.2) is 0 Å². The van der Waals surface area contributed by atoms with Gasteiger partial charge in [-0.15, -0.1) is 11.8 Å². The summed E-state index contributed by atoms with van der Waals surface area (Å²) in [6.07, 6.45) is 2.37. The van der Waals surface area contributed by atoms with Gasteiger partial charge in [0.2, 0.25) is 0 Å². The van der Waals surface area contributed by atoms with E-state index in [4.69, 9.17) is 5.26 Å². The van der Waals surface area contributed by atoms with Crippen LogP contribution in [0.2, 0.25) is 0 Å². The molecule has 7 heteroatoms. The number of carbonyl (C=O) groups excluding carboxylic acids is 1. The number of rotatable bonds is 4. The Morgan fingerprint density at radius 1 is 1.55 bits per heavy atom. The van der Waals surface area contributed by atoms with Crippen LogP contribution < -0.4 is 0 Å². The lowest BCUT2D eigenvalue weighted by molar-refractivity contribution is -0.141. The molecule has 3 unspecified atom stereocenters. The van der Waals surface area contributed by atoms with Crippen LogP contribution in [0.1, 0.15) is 26.2 Å². The second-order valence-corrected chi connectivity index (χ2v) is 6.58. The first-order valence-corrected chi connectivity index (χ1v) is 7.78. The van der Waals surface area contributed by atoms with Gasteiger partial charge in [0.25, 0.3) is 0 Å². The van der Waals surface area contributed by atoms with Gasteiger partial charge in [-0.25, -0.2) is 9.59 Å². The zero-order chi connectivity index (χ0) is 14.9. The van der Waals surface area contributed by atoms with Crippen LogP contribution in [0.5, 0.6) is 0 Å². The molecule has 1 aliphatic heterocycles. The predicted molar refractivity (Wildman–Crippen MR) is 75.1 cm³/mol. The van der Waals surface area contributed by atoms with Gasteiger partial charge in [0.1, 0.15) is 6.04 Å². The summed E-state index contributed by atoms with van der Waals surface area (Å²) < 4.78 is 0. The molecule has 0 aromatic carbocycles. The summed E-state index contributed by atoms with van der Waals surface area (Å²) in [6.45, 7) is 1.80. The van der Waals surface area contributed by atoms with Crippen LogP contribution in [-0.2, 0) is 4.79 Å². The average Bonchev–Trinajstić information content (AvgIpc) is 3.15. The number of nitriles is 1. The Morgan fingerprint density at radius 2 is 2.20 bits per heavy atom. The highest BCUT2D eigenvalue weighted by atomic mass is 32.2. The van der Waals surface area contributed by atoms with E-state index in [1.807, 2.05) is 6.07 Å². The summed E-state index contributed by atoms with van der Waals surface area (Å²) >= 11 is 1.56. The maximum Gasteiger partial charge on any atom is 0.327 e. The van der Waals surface area contributed by atoms with Crippen molar-refractivity contribution in [3.05, 3.63) is 0 Å². The fraction of sp³-hybridized carbons (Fsp3) is 0.769. The number of thioether (sulfide) groups is 1. The Balaban J connectivity index is 2.14. The minimum Gasteiger partial charge on any atom is -0.480 e. The first-order chi connectivity index (χ1) is 9.47. The zero-order valence-corrected chi connectivity index (χ0v) is 12.5. The Bertz CT molecular complexity index is 447. The van der Waals surface area contributed by atoms with Crippen LogP contribution in [0, 0.1) is 17.2 Å². The van der Waals surface area contributed by atoms with Crippen molar-refractivity contribution in [2.75, 3.05) is 12.8 Å². The molecule has 1 saturated heterocycles. The Morgan fingerprint density at radius 3 is 2.70 bits per heavy atom. The van der Waals surface area contributed by atoms with E-state index in [0.717, 1.165) is 12.8 Å². The maximum absolute atomic E-state index is 12.6. The number of aliphatic carboxylic acids is 1. The first kappa shape index (κ1) is 15.0. The summed E-state index contributed by atoms with van der Waals surface area (Å²) in [5.41, 5.74) is 0. The standard InChI is InChI=1S/C13H19N3O3S/c1-8(5-6-14)15(2)13(19)16-10(12(17)18)7-20-11(16)9-3-4-9/h8-11H,3-5,7H2,1-2H3,(H,17,18). The second-order valence-electron chi connectivity index (χ2n) is 5.43. The lowest BCUT2D eigenvalue weighted by atomic mass is 10.2. The van der Waals surface area contributed by atoms with Crippen molar-refractivity contribution in [3.63, 3.8) is 0 Å². The fourth-order valence-corrected chi connectivity index (χ4v) is 3.97. The van der Waals surface area contributed by atoms with Crippen LogP contribution in [0.3, 0.4) is 0 Å². The van der Waals surface area contributed by atoms with Crippen molar-refractivity contribution >= 4 is 23.8 Å². The normalized spacial score (nSPS) is 26.9. The van der Waals surface area contributed by atoms with Crippen LogP contribution in [0.4, 0.5) is 4.79 Å². The fourth-order valence-electron chi connectivity index (χ4n) is 2.34. The topological polar surface area (TPSA) is 84.6 Å². The predicted octanol–water partition coefficient (Wildman–Crippen LogP) is 1.58. The second kappa shape index (κ2) is 5.92. The van der Waals surface area contributed by atoms with Gasteiger partial charge in [0.15, 0.2) is 0 Å². The SMILES string of the molecule is CC(CC#N)N(C)C(=O)N1C(C(=O)O)CSC1C1CC1. The number of urea groups is 1. The molecule has 3 atom stereocenters. The third-order valence-electron chi connectivity index (χ3n) is 3.92. The molecule has 0 aromatic rings. The van der Waals surface area contributed by atoms with Crippen LogP contribution in [-0.4, -0.2) is 57.2 Å². The molecule has 6 nitrogen and oxygen atoms in total. The van der Waals surface area contributed by atoms with Gasteiger partial charge in [0.05, 0.1) is 17.9 Å². The highest BCUT2D eigenvalue weighted by molar-refractivity contribution is 8.00. The number of carboxylic acid groups (broad SMARTS) is 1. The summed E-state index contributed by atoms with van der Waals surface area (Å²) in [5.74, 6) is -0.0776. The van der Waals surface area contributed by atoms with Crippen molar-refractivity contribution < 1.29 is 14.7 Å². The van der Waals surface area contributed by atoms with Gasteiger partial charge in [-0.1, -0.05) is 0 Å². The van der Waals surface area contributed by atoms with Crippen molar-refractivity contribution in [3.8, 4) is 6.07 Å². The zero-order valence-electron chi connectivity index (χ0n) is 11.7. The van der Waals surface area contributed by atoms with E-state index in [0.29, 0.717) is 11.7 Å². The minimum absolute atomic E-state index is 0.0275. The highest BCUT2D eigenvalue weighted by Gasteiger charge is 2.49. The van der Waals surface area contributed by atoms with Crippen molar-refractivity contribution in [1.29, 1.82) is 5.26 Å². The van der Waals surface area contributed by atoms with E-state index in [2.05, 4.69) is 0 Å². The quantitative estimate of drug-likeness (QED) is 0.851. The number of amides is 2. The molecular formula is C13H19N3O3S. The largest absolute Gasteiger partial charge is 0.480 e. The molecule has 20 heavy (non-hydrogen) atoms. The first-order valence-electron chi connectivity index (χ1n) is 6.73. The van der Waals surface area contributed by atoms with E-state index < -0.39 is 12.0 Å². The molecule has 1 aliphatic carbocycles. The van der Waals surface area contributed by atoms with Crippen LogP contribution >= 0.6 is 11.8 Å². The van der Waals surface area contributed by atoms with E-state index in [9.17, 15) is 14.7 Å². The number of hydrogen-bond donors (Lipinski definition) is 1. The molecule has 2 fully saturated rings. The lowest BCUT2D eigenvalue weighted by Crippen LogP contribution is -2.53. The number of hydrogen-bond acceptors (Lipinski definition) is 4. The van der Waals surface area contributed by atoms with Crippen molar-refractivity contribution in [2.24, 2.45) is 5.92 Å². The Hall–Kier alpha value is -1.42. The summed E-state index contributed by atoms with van der Waals surface area (Å²) in [5, 5.41) is 18.0. The van der Waals surface area contributed by atoms with Gasteiger partial charge in [-0.05, 0) is 25.7 Å². The molecule has 1 heterocycles. The number of carboxylic acids is 1. The van der Waals surface area contributed by atoms with Gasteiger partial charge in [-0.3, -0.25) is 4.90 Å². The monoisotopic (exact) mass is 297 g/mol. The highest BCUT2D eigenvalue weighted by Crippen LogP contribution is 2.45. The Kier molecular flexibility index (Phi) is 4.43. The molecule has 2 rings (SSSR count). The van der Waals surface area contributed by atoms with Gasteiger partial charge >= 0.3 is 12.0 Å². The molecule has 1 saturated carbocycles. The van der Waals surface area contributed by atoms with Crippen LogP contribution in [0.25, 0.3) is 0 Å². The summed E-state index contributed by atoms with van der Waals surface area (Å²) in [7, 11) is 1.64. The van der Waals surface area contributed by atoms with Crippen molar-refractivity contribution in [2.45, 2.75) is 43.6 Å². The van der Waals surface area contributed by atoms with E-state index in [1.165, 1.54) is 9.80 Å². The number of nitrogens with zero attached hydrogens (tertiary/aromatic N) is 3. The third kappa shape index (κ3) is 2.85. The molecule has 0 aromatic heterocycles. The van der Waals surface area contributed by atoms with E-state index in [1.54, 1.807) is 25.7 Å². The molecule has 0 bridgehead atoms. The van der Waals surface area contributed by atoms with E-state index >= 15 is 0 Å². The van der Waals surface area contributed by atoms with E-state index in [-0.39, 0.29) is 23.9 Å². The van der Waals surface area contributed by atoms with Gasteiger partial charge < -0.3 is 10.0 Å². The summed E-state index contributed by atoms with van der Waals surface area (Å²) in [6, 6.07) is 0.794. The Labute approximate surface area is 122 Å². The molecule has 0 spiro atoms. The smallest absolute Gasteiger partial charge is 0.327 e. The molecule has 110 valence electrons. The van der Waals surface area contributed by atoms with Crippen molar-refractivity contribution in [1.82, 2.24) is 9.80 Å². The van der Waals surface area contributed by atoms with Gasteiger partial charge in [-0.2, -0.15) is 5.26 Å². The maximum atomic E-state index is 12.6. The molecule has 2 aliphatic rings. The number of carbonyl (C=O) groups is 2. The minimum atomic E-state index is -0.949. The molecular weight excluding hydrogens is 278 g/mol.